The van der Waals surface area contributed by atoms with Gasteiger partial charge in [0.25, 0.3) is 0 Å². The van der Waals surface area contributed by atoms with E-state index in [1.807, 2.05) is 0 Å². The van der Waals surface area contributed by atoms with Gasteiger partial charge in [0, 0.05) is 22.2 Å². The Balaban J connectivity index is 1.84. The van der Waals surface area contributed by atoms with Gasteiger partial charge in [0.05, 0.1) is 0 Å². The number of benzene rings is 1. The fraction of sp³-hybridized carbons (Fsp3) is 0.438. The number of carboxylic acid groups (broad SMARTS) is 1. The van der Waals surface area contributed by atoms with Gasteiger partial charge < -0.3 is 10.4 Å². The fourth-order valence-electron chi connectivity index (χ4n) is 2.77. The first-order chi connectivity index (χ1) is 10.1. The third kappa shape index (κ3) is 2.94. The van der Waals surface area contributed by atoms with Gasteiger partial charge in [-0.1, -0.05) is 13.0 Å². The van der Waals surface area contributed by atoms with E-state index in [2.05, 4.69) is 12.2 Å². The minimum Gasteiger partial charge on any atom is -0.477 e. The number of fused-ring (bicyclic) bond motifs is 1. The maximum absolute atomic E-state index is 14.0. The third-order valence-electron chi connectivity index (χ3n) is 4.15. The van der Waals surface area contributed by atoms with Gasteiger partial charge in [0.2, 0.25) is 0 Å². The molecule has 3 rings (SSSR count). The summed E-state index contributed by atoms with van der Waals surface area (Å²) >= 11 is 1.14. The number of aromatic carboxylic acids is 1. The van der Waals surface area contributed by atoms with Crippen LogP contribution in [0.25, 0.3) is 10.1 Å². The predicted octanol–water partition coefficient (Wildman–Crippen LogP) is 3.87. The molecule has 0 radical (unpaired) electrons. The normalized spacial score (nSPS) is 16.3. The van der Waals surface area contributed by atoms with E-state index in [1.54, 1.807) is 12.1 Å². The Morgan fingerprint density at radius 3 is 2.95 bits per heavy atom. The van der Waals surface area contributed by atoms with Crippen LogP contribution in [0.4, 0.5) is 4.39 Å². The minimum absolute atomic E-state index is 0.238. The van der Waals surface area contributed by atoms with Gasteiger partial charge in [-0.2, -0.15) is 0 Å². The van der Waals surface area contributed by atoms with Gasteiger partial charge >= 0.3 is 5.97 Å². The van der Waals surface area contributed by atoms with Crippen LogP contribution >= 0.6 is 11.3 Å². The van der Waals surface area contributed by atoms with Crippen molar-refractivity contribution in [2.75, 3.05) is 6.54 Å². The molecule has 1 atom stereocenters. The second-order valence-electron chi connectivity index (χ2n) is 5.77. The van der Waals surface area contributed by atoms with E-state index in [4.69, 9.17) is 0 Å². The lowest BCUT2D eigenvalue weighted by atomic mass is 10.1. The zero-order valence-corrected chi connectivity index (χ0v) is 12.7. The van der Waals surface area contributed by atoms with E-state index >= 15 is 0 Å². The van der Waals surface area contributed by atoms with Crippen molar-refractivity contribution in [1.82, 2.24) is 5.32 Å². The molecule has 2 N–H and O–H groups in total. The number of hydrogen-bond acceptors (Lipinski definition) is 3. The lowest BCUT2D eigenvalue weighted by molar-refractivity contribution is 0.0701. The molecule has 0 amide bonds. The zero-order chi connectivity index (χ0) is 15.0. The smallest absolute Gasteiger partial charge is 0.346 e. The highest BCUT2D eigenvalue weighted by Crippen LogP contribution is 2.36. The summed E-state index contributed by atoms with van der Waals surface area (Å²) in [5.41, 5.74) is 0.573. The number of thiophene rings is 1. The van der Waals surface area contributed by atoms with Crippen molar-refractivity contribution in [2.45, 2.75) is 26.3 Å². The minimum atomic E-state index is -0.984. The molecule has 1 heterocycles. The number of hydrogen-bond donors (Lipinski definition) is 2. The Bertz CT molecular complexity index is 678. The Hall–Kier alpha value is -1.46. The third-order valence-corrected chi connectivity index (χ3v) is 5.34. The summed E-state index contributed by atoms with van der Waals surface area (Å²) in [7, 11) is 0. The summed E-state index contributed by atoms with van der Waals surface area (Å²) in [6, 6.07) is 4.77. The number of halogens is 1. The molecule has 0 spiro atoms. The molecule has 112 valence electrons. The molecule has 1 aliphatic carbocycles. The van der Waals surface area contributed by atoms with E-state index in [1.165, 1.54) is 18.9 Å². The predicted molar refractivity (Wildman–Crippen MR) is 82.3 cm³/mol. The Kier molecular flexibility index (Phi) is 3.95. The first-order valence-electron chi connectivity index (χ1n) is 7.22. The highest BCUT2D eigenvalue weighted by Gasteiger charge is 2.27. The molecular formula is C16H18FNO2S. The van der Waals surface area contributed by atoms with Crippen LogP contribution in [-0.4, -0.2) is 17.6 Å². The fourth-order valence-corrected chi connectivity index (χ4v) is 3.84. The number of carbonyl (C=O) groups is 1. The van der Waals surface area contributed by atoms with Crippen LogP contribution in [0, 0.1) is 17.7 Å². The summed E-state index contributed by atoms with van der Waals surface area (Å²) in [4.78, 5) is 11.6. The highest BCUT2D eigenvalue weighted by molar-refractivity contribution is 7.21. The van der Waals surface area contributed by atoms with Crippen molar-refractivity contribution in [3.8, 4) is 0 Å². The van der Waals surface area contributed by atoms with E-state index in [0.717, 1.165) is 23.8 Å². The second-order valence-corrected chi connectivity index (χ2v) is 6.83. The zero-order valence-electron chi connectivity index (χ0n) is 11.9. The largest absolute Gasteiger partial charge is 0.477 e. The molecular weight excluding hydrogens is 289 g/mol. The summed E-state index contributed by atoms with van der Waals surface area (Å²) in [5.74, 6) is 0.0614. The molecule has 1 fully saturated rings. The van der Waals surface area contributed by atoms with Crippen molar-refractivity contribution in [2.24, 2.45) is 11.8 Å². The van der Waals surface area contributed by atoms with Gasteiger partial charge in [-0.25, -0.2) is 9.18 Å². The second kappa shape index (κ2) is 5.73. The molecule has 1 saturated carbocycles. The van der Waals surface area contributed by atoms with Crippen molar-refractivity contribution >= 4 is 27.4 Å². The van der Waals surface area contributed by atoms with Gasteiger partial charge in [-0.05, 0) is 43.4 Å². The first kappa shape index (κ1) is 14.5. The summed E-state index contributed by atoms with van der Waals surface area (Å²) < 4.78 is 14.7. The topological polar surface area (TPSA) is 49.3 Å². The molecule has 2 aromatic rings. The van der Waals surface area contributed by atoms with Crippen LogP contribution in [-0.2, 0) is 6.54 Å². The molecule has 21 heavy (non-hydrogen) atoms. The van der Waals surface area contributed by atoms with Crippen molar-refractivity contribution < 1.29 is 14.3 Å². The monoisotopic (exact) mass is 307 g/mol. The SMILES string of the molecule is CC(CNCc1c(C(=O)O)sc2cccc(F)c12)C1CC1. The van der Waals surface area contributed by atoms with Gasteiger partial charge in [-0.3, -0.25) is 0 Å². The van der Waals surface area contributed by atoms with Crippen molar-refractivity contribution in [3.05, 3.63) is 34.5 Å². The van der Waals surface area contributed by atoms with E-state index < -0.39 is 5.97 Å². The van der Waals surface area contributed by atoms with Gasteiger partial charge in [-0.15, -0.1) is 11.3 Å². The number of nitrogens with one attached hydrogen (secondary N) is 1. The Morgan fingerprint density at radius 1 is 1.52 bits per heavy atom. The quantitative estimate of drug-likeness (QED) is 0.851. The standard InChI is InChI=1S/C16H18FNO2S/c1-9(10-5-6-10)7-18-8-11-14-12(17)3-2-4-13(14)21-15(11)16(19)20/h2-4,9-10,18H,5-8H2,1H3,(H,19,20). The van der Waals surface area contributed by atoms with Crippen LogP contribution in [0.2, 0.25) is 0 Å². The lowest BCUT2D eigenvalue weighted by Crippen LogP contribution is -2.22. The van der Waals surface area contributed by atoms with Crippen LogP contribution in [0.5, 0.6) is 0 Å². The molecule has 5 heteroatoms. The number of carboxylic acids is 1. The molecule has 0 aliphatic heterocycles. The van der Waals surface area contributed by atoms with Crippen LogP contribution in [0.15, 0.2) is 18.2 Å². The van der Waals surface area contributed by atoms with Crippen molar-refractivity contribution in [1.29, 1.82) is 0 Å². The van der Waals surface area contributed by atoms with Gasteiger partial charge in [0.15, 0.2) is 0 Å². The van der Waals surface area contributed by atoms with Crippen LogP contribution in [0.3, 0.4) is 0 Å². The molecule has 1 aromatic heterocycles. The average molecular weight is 307 g/mol. The lowest BCUT2D eigenvalue weighted by Gasteiger charge is -2.11. The van der Waals surface area contributed by atoms with Crippen LogP contribution < -0.4 is 5.32 Å². The Labute approximate surface area is 126 Å². The van der Waals surface area contributed by atoms with E-state index in [-0.39, 0.29) is 10.7 Å². The number of rotatable bonds is 6. The highest BCUT2D eigenvalue weighted by atomic mass is 32.1. The maximum atomic E-state index is 14.0. The maximum Gasteiger partial charge on any atom is 0.346 e. The molecule has 1 aromatic carbocycles. The average Bonchev–Trinajstić information content (AvgIpc) is 3.21. The van der Waals surface area contributed by atoms with Crippen molar-refractivity contribution in [3.63, 3.8) is 0 Å². The first-order valence-corrected chi connectivity index (χ1v) is 8.03. The molecule has 1 aliphatic rings. The summed E-state index contributed by atoms with van der Waals surface area (Å²) in [6.45, 7) is 3.45. The molecule has 0 bridgehead atoms. The molecule has 3 nitrogen and oxygen atoms in total. The molecule has 0 saturated heterocycles. The Morgan fingerprint density at radius 2 is 2.29 bits per heavy atom. The summed E-state index contributed by atoms with van der Waals surface area (Å²) in [6.07, 6.45) is 2.58. The summed E-state index contributed by atoms with van der Waals surface area (Å²) in [5, 5.41) is 13.1. The molecule has 1 unspecified atom stereocenters. The van der Waals surface area contributed by atoms with E-state index in [0.29, 0.717) is 28.1 Å². The van der Waals surface area contributed by atoms with E-state index in [9.17, 15) is 14.3 Å². The van der Waals surface area contributed by atoms with Gasteiger partial charge in [0.1, 0.15) is 10.7 Å². The van der Waals surface area contributed by atoms with Crippen LogP contribution in [0.1, 0.15) is 35.0 Å².